The molecule has 0 radical (unpaired) electrons. The summed E-state index contributed by atoms with van der Waals surface area (Å²) in [7, 11) is 0. The van der Waals surface area contributed by atoms with Gasteiger partial charge in [-0.25, -0.2) is 0 Å². The third-order valence-electron chi connectivity index (χ3n) is 2.97. The van der Waals surface area contributed by atoms with Gasteiger partial charge in [-0.15, -0.1) is 0 Å². The minimum atomic E-state index is -0.0359. The van der Waals surface area contributed by atoms with E-state index in [0.717, 1.165) is 22.9 Å². The summed E-state index contributed by atoms with van der Waals surface area (Å²) >= 11 is 3.36. The van der Waals surface area contributed by atoms with Gasteiger partial charge in [-0.1, -0.05) is 21.1 Å². The molecule has 0 spiro atoms. The summed E-state index contributed by atoms with van der Waals surface area (Å²) in [6.45, 7) is 0.231. The average Bonchev–Trinajstić information content (AvgIpc) is 3.17. The van der Waals surface area contributed by atoms with Gasteiger partial charge in [0.2, 0.25) is 11.7 Å². The van der Waals surface area contributed by atoms with Gasteiger partial charge in [-0.05, 0) is 36.6 Å². The average molecular weight is 325 g/mol. The summed E-state index contributed by atoms with van der Waals surface area (Å²) in [5, 5.41) is 13.1. The van der Waals surface area contributed by atoms with E-state index in [1.165, 1.54) is 0 Å². The van der Waals surface area contributed by atoms with Crippen LogP contribution >= 0.6 is 15.9 Å². The molecule has 0 atom stereocenters. The predicted molar refractivity (Wildman–Crippen MR) is 70.7 cm³/mol. The van der Waals surface area contributed by atoms with Crippen molar-refractivity contribution in [1.82, 2.24) is 10.1 Å². The van der Waals surface area contributed by atoms with Crippen molar-refractivity contribution in [2.45, 2.75) is 32.0 Å². The quantitative estimate of drug-likeness (QED) is 0.915. The van der Waals surface area contributed by atoms with Crippen molar-refractivity contribution < 1.29 is 14.4 Å². The number of hydrogen-bond acceptors (Lipinski definition) is 5. The van der Waals surface area contributed by atoms with Crippen LogP contribution in [-0.2, 0) is 13.2 Å². The lowest BCUT2D eigenvalue weighted by Crippen LogP contribution is -1.98. The van der Waals surface area contributed by atoms with E-state index in [0.29, 0.717) is 23.4 Å². The van der Waals surface area contributed by atoms with Crippen LogP contribution in [0.25, 0.3) is 0 Å². The fourth-order valence-electron chi connectivity index (χ4n) is 1.73. The standard InChI is InChI=1S/C13H13BrN2O3/c14-11-4-3-10(5-9(11)6-17)18-7-12-15-13(19-16-12)8-1-2-8/h3-5,8,17H,1-2,6-7H2. The van der Waals surface area contributed by atoms with Gasteiger partial charge in [0.15, 0.2) is 6.61 Å². The molecule has 0 aliphatic heterocycles. The van der Waals surface area contributed by atoms with E-state index >= 15 is 0 Å². The molecule has 100 valence electrons. The second kappa shape index (κ2) is 5.30. The Labute approximate surface area is 118 Å². The summed E-state index contributed by atoms with van der Waals surface area (Å²) in [6.07, 6.45) is 2.27. The molecular formula is C13H13BrN2O3. The molecule has 6 heteroatoms. The highest BCUT2D eigenvalue weighted by molar-refractivity contribution is 9.10. The smallest absolute Gasteiger partial charge is 0.229 e. The predicted octanol–water partition coefficient (Wildman–Crippen LogP) is 2.78. The van der Waals surface area contributed by atoms with Gasteiger partial charge < -0.3 is 14.4 Å². The van der Waals surface area contributed by atoms with Gasteiger partial charge in [0, 0.05) is 10.4 Å². The maximum absolute atomic E-state index is 9.17. The first-order valence-electron chi connectivity index (χ1n) is 6.11. The van der Waals surface area contributed by atoms with Crippen LogP contribution in [-0.4, -0.2) is 15.2 Å². The number of aromatic nitrogens is 2. The van der Waals surface area contributed by atoms with Gasteiger partial charge in [0.05, 0.1) is 6.61 Å². The molecule has 0 amide bonds. The molecule has 1 aliphatic rings. The van der Waals surface area contributed by atoms with Crippen molar-refractivity contribution in [3.63, 3.8) is 0 Å². The van der Waals surface area contributed by atoms with E-state index in [-0.39, 0.29) is 13.2 Å². The number of ether oxygens (including phenoxy) is 1. The minimum absolute atomic E-state index is 0.0359. The Bertz CT molecular complexity index is 581. The van der Waals surface area contributed by atoms with E-state index in [1.54, 1.807) is 6.07 Å². The minimum Gasteiger partial charge on any atom is -0.485 e. The molecule has 5 nitrogen and oxygen atoms in total. The van der Waals surface area contributed by atoms with E-state index in [1.807, 2.05) is 12.1 Å². The van der Waals surface area contributed by atoms with E-state index in [2.05, 4.69) is 26.1 Å². The number of rotatable bonds is 5. The second-order valence-electron chi connectivity index (χ2n) is 4.52. The van der Waals surface area contributed by atoms with Gasteiger partial charge in [0.25, 0.3) is 0 Å². The SMILES string of the molecule is OCc1cc(OCc2noc(C3CC3)n2)ccc1Br. The monoisotopic (exact) mass is 324 g/mol. The molecule has 1 N–H and O–H groups in total. The van der Waals surface area contributed by atoms with Gasteiger partial charge in [-0.3, -0.25) is 0 Å². The Hall–Kier alpha value is -1.40. The zero-order valence-corrected chi connectivity index (χ0v) is 11.8. The van der Waals surface area contributed by atoms with Crippen molar-refractivity contribution in [3.05, 3.63) is 40.0 Å². The van der Waals surface area contributed by atoms with Crippen LogP contribution in [0.3, 0.4) is 0 Å². The summed E-state index contributed by atoms with van der Waals surface area (Å²) in [5.41, 5.74) is 0.782. The number of aliphatic hydroxyl groups is 1. The van der Waals surface area contributed by atoms with E-state index in [9.17, 15) is 5.11 Å². The first-order chi connectivity index (χ1) is 9.26. The topological polar surface area (TPSA) is 68.4 Å². The fraction of sp³-hybridized carbons (Fsp3) is 0.385. The number of hydrogen-bond donors (Lipinski definition) is 1. The highest BCUT2D eigenvalue weighted by Crippen LogP contribution is 2.38. The van der Waals surface area contributed by atoms with Crippen molar-refractivity contribution in [2.24, 2.45) is 0 Å². The largest absolute Gasteiger partial charge is 0.485 e. The maximum Gasteiger partial charge on any atom is 0.229 e. The molecule has 19 heavy (non-hydrogen) atoms. The summed E-state index contributed by atoms with van der Waals surface area (Å²) in [4.78, 5) is 4.29. The molecule has 0 saturated heterocycles. The number of benzene rings is 1. The lowest BCUT2D eigenvalue weighted by molar-refractivity contribution is 0.273. The summed E-state index contributed by atoms with van der Waals surface area (Å²) in [6, 6.07) is 5.45. The second-order valence-corrected chi connectivity index (χ2v) is 5.38. The lowest BCUT2D eigenvalue weighted by Gasteiger charge is -2.06. The zero-order chi connectivity index (χ0) is 13.2. The van der Waals surface area contributed by atoms with Crippen LogP contribution < -0.4 is 4.74 Å². The molecule has 0 unspecified atom stereocenters. The van der Waals surface area contributed by atoms with Crippen molar-refractivity contribution >= 4 is 15.9 Å². The van der Waals surface area contributed by atoms with Crippen molar-refractivity contribution in [1.29, 1.82) is 0 Å². The van der Waals surface area contributed by atoms with Crippen LogP contribution in [0.2, 0.25) is 0 Å². The zero-order valence-electron chi connectivity index (χ0n) is 10.2. The molecule has 1 aliphatic carbocycles. The van der Waals surface area contributed by atoms with Crippen molar-refractivity contribution in [2.75, 3.05) is 0 Å². The Morgan fingerprint density at radius 2 is 2.26 bits per heavy atom. The first-order valence-corrected chi connectivity index (χ1v) is 6.90. The Balaban J connectivity index is 1.64. The van der Waals surface area contributed by atoms with Gasteiger partial charge >= 0.3 is 0 Å². The van der Waals surface area contributed by atoms with E-state index < -0.39 is 0 Å². The summed E-state index contributed by atoms with van der Waals surface area (Å²) in [5.74, 6) is 2.39. The maximum atomic E-state index is 9.17. The highest BCUT2D eigenvalue weighted by atomic mass is 79.9. The Morgan fingerprint density at radius 3 is 3.00 bits per heavy atom. The van der Waals surface area contributed by atoms with Crippen LogP contribution in [0.15, 0.2) is 27.2 Å². The normalized spacial score (nSPS) is 14.6. The molecule has 2 aromatic rings. The molecular weight excluding hydrogens is 312 g/mol. The fourth-order valence-corrected chi connectivity index (χ4v) is 2.10. The molecule has 1 fully saturated rings. The van der Waals surface area contributed by atoms with Crippen LogP contribution in [0.5, 0.6) is 5.75 Å². The van der Waals surface area contributed by atoms with Crippen LogP contribution in [0.4, 0.5) is 0 Å². The lowest BCUT2D eigenvalue weighted by atomic mass is 10.2. The third kappa shape index (κ3) is 2.96. The number of halogens is 1. The Morgan fingerprint density at radius 1 is 1.42 bits per heavy atom. The number of aliphatic hydroxyl groups excluding tert-OH is 1. The Kier molecular flexibility index (Phi) is 3.52. The molecule has 0 bridgehead atoms. The van der Waals surface area contributed by atoms with Crippen LogP contribution in [0, 0.1) is 0 Å². The van der Waals surface area contributed by atoms with Gasteiger partial charge in [-0.2, -0.15) is 4.98 Å². The van der Waals surface area contributed by atoms with Crippen molar-refractivity contribution in [3.8, 4) is 5.75 Å². The van der Waals surface area contributed by atoms with Crippen LogP contribution in [0.1, 0.15) is 36.0 Å². The number of nitrogens with zero attached hydrogens (tertiary/aromatic N) is 2. The summed E-state index contributed by atoms with van der Waals surface area (Å²) < 4.78 is 11.6. The van der Waals surface area contributed by atoms with Gasteiger partial charge in [0.1, 0.15) is 5.75 Å². The molecule has 1 saturated carbocycles. The molecule has 1 heterocycles. The third-order valence-corrected chi connectivity index (χ3v) is 3.74. The molecule has 3 rings (SSSR count). The molecule has 1 aromatic heterocycles. The molecule has 1 aromatic carbocycles. The highest BCUT2D eigenvalue weighted by Gasteiger charge is 2.29. The first kappa shape index (κ1) is 12.6. The van der Waals surface area contributed by atoms with E-state index in [4.69, 9.17) is 9.26 Å².